The molecule has 1 aromatic rings. The highest BCUT2D eigenvalue weighted by atomic mass is 19.1. The molecule has 0 aromatic carbocycles. The van der Waals surface area contributed by atoms with Crippen LogP contribution in [-0.2, 0) is 0 Å². The van der Waals surface area contributed by atoms with Gasteiger partial charge in [0.1, 0.15) is 11.9 Å². The van der Waals surface area contributed by atoms with Gasteiger partial charge >= 0.3 is 0 Å². The molecule has 2 heterocycles. The quantitative estimate of drug-likeness (QED) is 0.450. The molecule has 1 aliphatic heterocycles. The number of aromatic nitrogens is 2. The fourth-order valence-electron chi connectivity index (χ4n) is 1.93. The molecule has 1 fully saturated rings. The van der Waals surface area contributed by atoms with Crippen LogP contribution in [0.2, 0.25) is 0 Å². The largest absolute Gasteiger partial charge is 0.341 e. The summed E-state index contributed by atoms with van der Waals surface area (Å²) in [6.45, 7) is 2.91. The molecule has 1 saturated heterocycles. The lowest BCUT2D eigenvalue weighted by molar-refractivity contribution is 0.0948. The van der Waals surface area contributed by atoms with E-state index in [0.717, 1.165) is 0 Å². The van der Waals surface area contributed by atoms with E-state index in [1.54, 1.807) is 13.0 Å². The molecule has 0 radical (unpaired) electrons. The van der Waals surface area contributed by atoms with Gasteiger partial charge in [0, 0.05) is 18.8 Å². The van der Waals surface area contributed by atoms with Gasteiger partial charge < -0.3 is 4.90 Å². The van der Waals surface area contributed by atoms with Gasteiger partial charge in [0.05, 0.1) is 0 Å². The van der Waals surface area contributed by atoms with Crippen molar-refractivity contribution in [2.24, 2.45) is 5.84 Å². The fraction of sp³-hybridized carbons (Fsp3) is 0.545. The maximum Gasteiger partial charge on any atom is 0.283 e. The summed E-state index contributed by atoms with van der Waals surface area (Å²) >= 11 is 0. The molecule has 98 valence electrons. The smallest absolute Gasteiger partial charge is 0.283 e. The first kappa shape index (κ1) is 12.7. The number of nitrogen functional groups attached to an aromatic ring is 1. The lowest BCUT2D eigenvalue weighted by Gasteiger charge is -2.28. The standard InChI is InChI=1S/C11H16FN5O/c1-7-6-9(10(18)16-13)15-11(14-7)17-4-2-8(12)3-5-17/h6,8H,2-5,13H2,1H3,(H,16,18). The van der Waals surface area contributed by atoms with Crippen molar-refractivity contribution < 1.29 is 9.18 Å². The molecule has 1 aromatic heterocycles. The summed E-state index contributed by atoms with van der Waals surface area (Å²) in [6, 6.07) is 1.56. The Bertz CT molecular complexity index is 445. The molecule has 2 rings (SSSR count). The normalized spacial score (nSPS) is 16.7. The number of carbonyl (C=O) groups excluding carboxylic acids is 1. The molecule has 7 heteroatoms. The van der Waals surface area contributed by atoms with E-state index in [0.29, 0.717) is 37.6 Å². The number of hydrogen-bond acceptors (Lipinski definition) is 5. The highest BCUT2D eigenvalue weighted by Gasteiger charge is 2.21. The number of amides is 1. The van der Waals surface area contributed by atoms with Gasteiger partial charge in [0.25, 0.3) is 5.91 Å². The van der Waals surface area contributed by atoms with Crippen molar-refractivity contribution >= 4 is 11.9 Å². The van der Waals surface area contributed by atoms with Crippen LogP contribution in [0.4, 0.5) is 10.3 Å². The summed E-state index contributed by atoms with van der Waals surface area (Å²) in [4.78, 5) is 21.8. The van der Waals surface area contributed by atoms with Gasteiger partial charge in [-0.2, -0.15) is 0 Å². The second-order valence-electron chi connectivity index (χ2n) is 4.33. The van der Waals surface area contributed by atoms with Crippen LogP contribution < -0.4 is 16.2 Å². The fourth-order valence-corrected chi connectivity index (χ4v) is 1.93. The predicted octanol–water partition coefficient (Wildman–Crippen LogP) is 0.327. The topological polar surface area (TPSA) is 84.1 Å². The molecule has 0 unspecified atom stereocenters. The van der Waals surface area contributed by atoms with Gasteiger partial charge in [0.15, 0.2) is 0 Å². The van der Waals surface area contributed by atoms with E-state index in [1.807, 2.05) is 10.3 Å². The van der Waals surface area contributed by atoms with Crippen molar-refractivity contribution in [1.82, 2.24) is 15.4 Å². The molecule has 18 heavy (non-hydrogen) atoms. The SMILES string of the molecule is Cc1cc(C(=O)NN)nc(N2CCC(F)CC2)n1. The van der Waals surface area contributed by atoms with Gasteiger partial charge in [-0.1, -0.05) is 0 Å². The Morgan fingerprint density at radius 2 is 2.17 bits per heavy atom. The molecule has 0 spiro atoms. The summed E-state index contributed by atoms with van der Waals surface area (Å²) in [5.74, 6) is 5.08. The number of halogens is 1. The van der Waals surface area contributed by atoms with E-state index in [1.165, 1.54) is 0 Å². The van der Waals surface area contributed by atoms with Crippen LogP contribution in [0.3, 0.4) is 0 Å². The van der Waals surface area contributed by atoms with Crippen LogP contribution in [0.5, 0.6) is 0 Å². The molecular weight excluding hydrogens is 237 g/mol. The van der Waals surface area contributed by atoms with Gasteiger partial charge in [-0.15, -0.1) is 0 Å². The van der Waals surface area contributed by atoms with Gasteiger partial charge in [0.2, 0.25) is 5.95 Å². The minimum atomic E-state index is -0.752. The summed E-state index contributed by atoms with van der Waals surface area (Å²) < 4.78 is 13.1. The van der Waals surface area contributed by atoms with Gasteiger partial charge in [-0.25, -0.2) is 20.2 Å². The van der Waals surface area contributed by atoms with Gasteiger partial charge in [-0.05, 0) is 25.8 Å². The highest BCUT2D eigenvalue weighted by Crippen LogP contribution is 2.18. The van der Waals surface area contributed by atoms with Crippen LogP contribution >= 0.6 is 0 Å². The van der Waals surface area contributed by atoms with E-state index < -0.39 is 12.1 Å². The molecule has 1 aliphatic rings. The van der Waals surface area contributed by atoms with Crippen molar-refractivity contribution in [2.75, 3.05) is 18.0 Å². The molecule has 0 atom stereocenters. The molecule has 0 aliphatic carbocycles. The molecule has 3 N–H and O–H groups in total. The number of nitrogens with one attached hydrogen (secondary N) is 1. The monoisotopic (exact) mass is 253 g/mol. The second-order valence-corrected chi connectivity index (χ2v) is 4.33. The number of rotatable bonds is 2. The zero-order chi connectivity index (χ0) is 13.1. The summed E-state index contributed by atoms with van der Waals surface area (Å²) in [5, 5.41) is 0. The summed E-state index contributed by atoms with van der Waals surface area (Å²) in [5.41, 5.74) is 2.94. The number of hydrazine groups is 1. The Hall–Kier alpha value is -1.76. The molecule has 1 amide bonds. The zero-order valence-electron chi connectivity index (χ0n) is 10.2. The third-order valence-corrected chi connectivity index (χ3v) is 2.91. The first-order valence-corrected chi connectivity index (χ1v) is 5.86. The van der Waals surface area contributed by atoms with Crippen LogP contribution in [0.15, 0.2) is 6.07 Å². The average Bonchev–Trinajstić information content (AvgIpc) is 2.38. The molecule has 0 bridgehead atoms. The van der Waals surface area contributed by atoms with E-state index in [2.05, 4.69) is 9.97 Å². The number of nitrogens with two attached hydrogens (primary N) is 1. The Morgan fingerprint density at radius 1 is 1.50 bits per heavy atom. The first-order valence-electron chi connectivity index (χ1n) is 5.86. The van der Waals surface area contributed by atoms with E-state index in [9.17, 15) is 9.18 Å². The predicted molar refractivity (Wildman–Crippen MR) is 64.8 cm³/mol. The van der Waals surface area contributed by atoms with Crippen LogP contribution in [0.1, 0.15) is 29.0 Å². The van der Waals surface area contributed by atoms with Crippen molar-refractivity contribution in [2.45, 2.75) is 25.9 Å². The van der Waals surface area contributed by atoms with Crippen LogP contribution in [0.25, 0.3) is 0 Å². The maximum absolute atomic E-state index is 13.1. The molecule has 6 nitrogen and oxygen atoms in total. The van der Waals surface area contributed by atoms with Crippen LogP contribution in [-0.4, -0.2) is 35.1 Å². The summed E-state index contributed by atoms with van der Waals surface area (Å²) in [7, 11) is 0. The van der Waals surface area contributed by atoms with Crippen molar-refractivity contribution in [1.29, 1.82) is 0 Å². The van der Waals surface area contributed by atoms with Crippen molar-refractivity contribution in [3.05, 3.63) is 17.5 Å². The number of anilines is 1. The third kappa shape index (κ3) is 2.73. The van der Waals surface area contributed by atoms with Crippen molar-refractivity contribution in [3.63, 3.8) is 0 Å². The third-order valence-electron chi connectivity index (χ3n) is 2.91. The molecule has 0 saturated carbocycles. The lowest BCUT2D eigenvalue weighted by atomic mass is 10.1. The Labute approximate surface area is 104 Å². The maximum atomic E-state index is 13.1. The minimum absolute atomic E-state index is 0.224. The summed E-state index contributed by atoms with van der Waals surface area (Å²) in [6.07, 6.45) is 0.184. The number of carbonyl (C=O) groups is 1. The van der Waals surface area contributed by atoms with E-state index >= 15 is 0 Å². The number of hydrogen-bond donors (Lipinski definition) is 2. The molecular formula is C11H16FN5O. The Kier molecular flexibility index (Phi) is 3.71. The Balaban J connectivity index is 2.22. The average molecular weight is 253 g/mol. The Morgan fingerprint density at radius 3 is 2.78 bits per heavy atom. The number of alkyl halides is 1. The van der Waals surface area contributed by atoms with Crippen molar-refractivity contribution in [3.8, 4) is 0 Å². The van der Waals surface area contributed by atoms with Gasteiger partial charge in [-0.3, -0.25) is 10.2 Å². The number of nitrogens with zero attached hydrogens (tertiary/aromatic N) is 3. The number of aryl methyl sites for hydroxylation is 1. The van der Waals surface area contributed by atoms with Crippen LogP contribution in [0, 0.1) is 6.92 Å². The highest BCUT2D eigenvalue weighted by molar-refractivity contribution is 5.92. The lowest BCUT2D eigenvalue weighted by Crippen LogP contribution is -2.36. The number of piperidine rings is 1. The van der Waals surface area contributed by atoms with E-state index in [-0.39, 0.29) is 5.69 Å². The van der Waals surface area contributed by atoms with E-state index in [4.69, 9.17) is 5.84 Å². The second kappa shape index (κ2) is 5.26. The zero-order valence-corrected chi connectivity index (χ0v) is 10.2. The minimum Gasteiger partial charge on any atom is -0.341 e. The first-order chi connectivity index (χ1) is 8.60.